The van der Waals surface area contributed by atoms with Crippen molar-refractivity contribution in [2.75, 3.05) is 27.4 Å². The average molecular weight is 331 g/mol. The molecule has 132 valence electrons. The van der Waals surface area contributed by atoms with Crippen LogP contribution in [0.15, 0.2) is 24.3 Å². The van der Waals surface area contributed by atoms with E-state index >= 15 is 0 Å². The number of rotatable bonds is 7. The maximum atomic E-state index is 12.8. The van der Waals surface area contributed by atoms with Crippen molar-refractivity contribution in [2.24, 2.45) is 5.41 Å². The molecule has 3 rings (SSSR count). The van der Waals surface area contributed by atoms with Gasteiger partial charge in [0.1, 0.15) is 5.75 Å². The molecule has 4 heteroatoms. The van der Waals surface area contributed by atoms with Gasteiger partial charge in [-0.2, -0.15) is 0 Å². The van der Waals surface area contributed by atoms with Gasteiger partial charge in [-0.1, -0.05) is 31.4 Å². The zero-order valence-electron chi connectivity index (χ0n) is 14.9. The van der Waals surface area contributed by atoms with Gasteiger partial charge in [-0.15, -0.1) is 0 Å². The standard InChI is InChI=1S/C20H29NO3/c1-23-15-20(12-5-13-20)18(22)21-14-19(10-3-4-11-19)16-6-8-17(24-2)9-7-16/h6-9H,3-5,10-15H2,1-2H3,(H,21,22). The molecular formula is C20H29NO3. The summed E-state index contributed by atoms with van der Waals surface area (Å²) in [5.41, 5.74) is 1.10. The highest BCUT2D eigenvalue weighted by Crippen LogP contribution is 2.43. The number of carbonyl (C=O) groups excluding carboxylic acids is 1. The summed E-state index contributed by atoms with van der Waals surface area (Å²) in [6, 6.07) is 8.36. The highest BCUT2D eigenvalue weighted by Gasteiger charge is 2.45. The summed E-state index contributed by atoms with van der Waals surface area (Å²) < 4.78 is 10.6. The molecule has 2 aliphatic carbocycles. The number of methoxy groups -OCH3 is 2. The lowest BCUT2D eigenvalue weighted by Crippen LogP contribution is -2.51. The van der Waals surface area contributed by atoms with E-state index < -0.39 is 0 Å². The van der Waals surface area contributed by atoms with Crippen LogP contribution in [0.3, 0.4) is 0 Å². The number of benzene rings is 1. The average Bonchev–Trinajstić information content (AvgIpc) is 3.06. The summed E-state index contributed by atoms with van der Waals surface area (Å²) in [7, 11) is 3.37. The molecule has 2 saturated carbocycles. The lowest BCUT2D eigenvalue weighted by Gasteiger charge is -2.40. The van der Waals surface area contributed by atoms with E-state index in [4.69, 9.17) is 9.47 Å². The van der Waals surface area contributed by atoms with E-state index in [9.17, 15) is 4.79 Å². The smallest absolute Gasteiger partial charge is 0.228 e. The summed E-state index contributed by atoms with van der Waals surface area (Å²) >= 11 is 0. The highest BCUT2D eigenvalue weighted by molar-refractivity contribution is 5.83. The Balaban J connectivity index is 1.70. The fraction of sp³-hybridized carbons (Fsp3) is 0.650. The first kappa shape index (κ1) is 17.3. The van der Waals surface area contributed by atoms with Gasteiger partial charge in [0, 0.05) is 19.1 Å². The second-order valence-electron chi connectivity index (χ2n) is 7.47. The predicted molar refractivity (Wildman–Crippen MR) is 94.3 cm³/mol. The number of carbonyl (C=O) groups is 1. The van der Waals surface area contributed by atoms with E-state index in [0.717, 1.165) is 44.4 Å². The van der Waals surface area contributed by atoms with Gasteiger partial charge in [-0.05, 0) is 43.4 Å². The van der Waals surface area contributed by atoms with Crippen molar-refractivity contribution in [3.63, 3.8) is 0 Å². The van der Waals surface area contributed by atoms with Crippen LogP contribution in [0.4, 0.5) is 0 Å². The van der Waals surface area contributed by atoms with Crippen molar-refractivity contribution in [2.45, 2.75) is 50.4 Å². The Morgan fingerprint density at radius 2 is 1.71 bits per heavy atom. The van der Waals surface area contributed by atoms with E-state index in [-0.39, 0.29) is 16.7 Å². The Morgan fingerprint density at radius 1 is 1.04 bits per heavy atom. The Labute approximate surface area is 144 Å². The molecule has 1 aromatic rings. The van der Waals surface area contributed by atoms with E-state index in [0.29, 0.717) is 6.61 Å². The minimum Gasteiger partial charge on any atom is -0.497 e. The Bertz CT molecular complexity index is 557. The second-order valence-corrected chi connectivity index (χ2v) is 7.47. The number of amides is 1. The fourth-order valence-electron chi connectivity index (χ4n) is 4.32. The molecule has 4 nitrogen and oxygen atoms in total. The first-order valence-electron chi connectivity index (χ1n) is 9.06. The number of hydrogen-bond acceptors (Lipinski definition) is 3. The van der Waals surface area contributed by atoms with Crippen LogP contribution in [0.5, 0.6) is 5.75 Å². The molecule has 1 amide bonds. The molecular weight excluding hydrogens is 302 g/mol. The first-order valence-corrected chi connectivity index (χ1v) is 9.06. The molecule has 0 aliphatic heterocycles. The SMILES string of the molecule is COCC1(C(=O)NCC2(c3ccc(OC)cc3)CCCC2)CCC1. The summed E-state index contributed by atoms with van der Waals surface area (Å²) in [4.78, 5) is 12.8. The van der Waals surface area contributed by atoms with E-state index in [1.165, 1.54) is 18.4 Å². The molecule has 0 unspecified atom stereocenters. The van der Waals surface area contributed by atoms with Gasteiger partial charge in [0.15, 0.2) is 0 Å². The largest absolute Gasteiger partial charge is 0.497 e. The molecule has 1 aromatic carbocycles. The van der Waals surface area contributed by atoms with Crippen LogP contribution in [-0.4, -0.2) is 33.3 Å². The van der Waals surface area contributed by atoms with Crippen LogP contribution in [0.2, 0.25) is 0 Å². The molecule has 2 aliphatic rings. The minimum atomic E-state index is -0.283. The van der Waals surface area contributed by atoms with Gasteiger partial charge >= 0.3 is 0 Å². The predicted octanol–water partition coefficient (Wildman–Crippen LogP) is 3.44. The summed E-state index contributed by atoms with van der Waals surface area (Å²) in [6.07, 6.45) is 7.74. The molecule has 0 bridgehead atoms. The van der Waals surface area contributed by atoms with Crippen molar-refractivity contribution >= 4 is 5.91 Å². The Morgan fingerprint density at radius 3 is 2.21 bits per heavy atom. The van der Waals surface area contributed by atoms with Crippen molar-refractivity contribution in [3.05, 3.63) is 29.8 Å². The molecule has 0 atom stereocenters. The third-order valence-corrected chi connectivity index (χ3v) is 6.06. The first-order chi connectivity index (χ1) is 11.6. The van der Waals surface area contributed by atoms with Gasteiger partial charge < -0.3 is 14.8 Å². The maximum Gasteiger partial charge on any atom is 0.228 e. The van der Waals surface area contributed by atoms with Crippen molar-refractivity contribution in [1.29, 1.82) is 0 Å². The number of ether oxygens (including phenoxy) is 2. The Hall–Kier alpha value is -1.55. The molecule has 0 aromatic heterocycles. The third-order valence-electron chi connectivity index (χ3n) is 6.06. The van der Waals surface area contributed by atoms with Gasteiger partial charge in [0.2, 0.25) is 5.91 Å². The molecule has 1 N–H and O–H groups in total. The second kappa shape index (κ2) is 7.14. The van der Waals surface area contributed by atoms with Crippen molar-refractivity contribution < 1.29 is 14.3 Å². The molecule has 24 heavy (non-hydrogen) atoms. The van der Waals surface area contributed by atoms with Gasteiger partial charge in [-0.3, -0.25) is 4.79 Å². The van der Waals surface area contributed by atoms with Crippen LogP contribution in [0.25, 0.3) is 0 Å². The van der Waals surface area contributed by atoms with Gasteiger partial charge in [0.25, 0.3) is 0 Å². The molecule has 0 saturated heterocycles. The Kier molecular flexibility index (Phi) is 5.14. The summed E-state index contributed by atoms with van der Waals surface area (Å²) in [5.74, 6) is 1.06. The third kappa shape index (κ3) is 3.16. The summed E-state index contributed by atoms with van der Waals surface area (Å²) in [5, 5.41) is 3.27. The van der Waals surface area contributed by atoms with E-state index in [1.807, 2.05) is 12.1 Å². The van der Waals surface area contributed by atoms with Crippen LogP contribution >= 0.6 is 0 Å². The monoisotopic (exact) mass is 331 g/mol. The molecule has 0 radical (unpaired) electrons. The number of hydrogen-bond donors (Lipinski definition) is 1. The minimum absolute atomic E-state index is 0.0694. The fourth-order valence-corrected chi connectivity index (χ4v) is 4.32. The zero-order chi connectivity index (χ0) is 17.0. The van der Waals surface area contributed by atoms with Crippen LogP contribution in [-0.2, 0) is 14.9 Å². The summed E-state index contributed by atoms with van der Waals surface area (Å²) in [6.45, 7) is 1.26. The van der Waals surface area contributed by atoms with Crippen molar-refractivity contribution in [1.82, 2.24) is 5.32 Å². The quantitative estimate of drug-likeness (QED) is 0.832. The molecule has 0 spiro atoms. The maximum absolute atomic E-state index is 12.8. The normalized spacial score (nSPS) is 21.1. The van der Waals surface area contributed by atoms with E-state index in [2.05, 4.69) is 17.4 Å². The molecule has 0 heterocycles. The van der Waals surface area contributed by atoms with Crippen LogP contribution in [0, 0.1) is 5.41 Å². The van der Waals surface area contributed by atoms with Crippen LogP contribution in [0.1, 0.15) is 50.5 Å². The molecule has 2 fully saturated rings. The topological polar surface area (TPSA) is 47.6 Å². The zero-order valence-corrected chi connectivity index (χ0v) is 14.9. The lowest BCUT2D eigenvalue weighted by molar-refractivity contribution is -0.140. The van der Waals surface area contributed by atoms with Gasteiger partial charge in [0.05, 0.1) is 19.1 Å². The number of nitrogens with one attached hydrogen (secondary N) is 1. The van der Waals surface area contributed by atoms with Gasteiger partial charge in [-0.25, -0.2) is 0 Å². The van der Waals surface area contributed by atoms with Crippen molar-refractivity contribution in [3.8, 4) is 5.75 Å². The highest BCUT2D eigenvalue weighted by atomic mass is 16.5. The lowest BCUT2D eigenvalue weighted by atomic mass is 9.68. The van der Waals surface area contributed by atoms with Crippen LogP contribution < -0.4 is 10.1 Å². The van der Waals surface area contributed by atoms with E-state index in [1.54, 1.807) is 14.2 Å².